The van der Waals surface area contributed by atoms with E-state index in [4.69, 9.17) is 14.7 Å². The largest absolute Gasteiger partial charge is 0.459 e. The van der Waals surface area contributed by atoms with Gasteiger partial charge in [0.05, 0.1) is 5.60 Å². The number of carbonyl (C=O) groups is 1. The van der Waals surface area contributed by atoms with Crippen molar-refractivity contribution in [2.45, 2.75) is 71.6 Å². The average molecular weight is 321 g/mol. The first-order chi connectivity index (χ1) is 9.55. The lowest BCUT2D eigenvalue weighted by Gasteiger charge is -2.27. The van der Waals surface area contributed by atoms with Gasteiger partial charge in [-0.05, 0) is 65.9 Å². The second-order valence-corrected chi connectivity index (χ2v) is 8.12. The maximum atomic E-state index is 12.2. The molecule has 126 valence electrons. The van der Waals surface area contributed by atoms with Crippen LogP contribution in [0.1, 0.15) is 54.4 Å². The van der Waals surface area contributed by atoms with Gasteiger partial charge in [-0.1, -0.05) is 0 Å². The molecule has 5 nitrogen and oxygen atoms in total. The molecule has 1 unspecified atom stereocenters. The number of aliphatic hydroxyl groups excluding tert-OH is 1. The van der Waals surface area contributed by atoms with Gasteiger partial charge in [-0.25, -0.2) is 0 Å². The first kappa shape index (κ1) is 20.7. The van der Waals surface area contributed by atoms with Gasteiger partial charge in [-0.2, -0.15) is 17.2 Å². The number of hydrogen-bond acceptors (Lipinski definition) is 6. The van der Waals surface area contributed by atoms with Crippen molar-refractivity contribution in [3.8, 4) is 0 Å². The molecule has 0 saturated carbocycles. The van der Waals surface area contributed by atoms with Crippen molar-refractivity contribution in [2.24, 2.45) is 0 Å². The topological polar surface area (TPSA) is 67.8 Å². The molecule has 0 aromatic carbocycles. The summed E-state index contributed by atoms with van der Waals surface area (Å²) in [7, 11) is 0. The van der Waals surface area contributed by atoms with Crippen molar-refractivity contribution in [3.63, 3.8) is 0 Å². The van der Waals surface area contributed by atoms with Gasteiger partial charge in [-0.3, -0.25) is 9.63 Å². The molecular weight excluding hydrogens is 290 g/mol. The Labute approximate surface area is 133 Å². The fourth-order valence-corrected chi connectivity index (χ4v) is 2.26. The molecule has 0 heterocycles. The molecule has 0 saturated heterocycles. The van der Waals surface area contributed by atoms with Gasteiger partial charge in [0.1, 0.15) is 11.6 Å². The fraction of sp³-hybridized carbons (Fsp3) is 0.933. The van der Waals surface area contributed by atoms with E-state index < -0.39 is 11.6 Å². The number of rotatable bonds is 9. The van der Waals surface area contributed by atoms with Crippen molar-refractivity contribution < 1.29 is 19.5 Å². The number of thioether (sulfide) groups is 1. The van der Waals surface area contributed by atoms with Gasteiger partial charge in [0.15, 0.2) is 0 Å². The minimum absolute atomic E-state index is 0.202. The highest BCUT2D eigenvalue weighted by Gasteiger charge is 2.26. The number of ether oxygens (including phenoxy) is 1. The summed E-state index contributed by atoms with van der Waals surface area (Å²) >= 11 is 1.71. The van der Waals surface area contributed by atoms with Gasteiger partial charge in [0.2, 0.25) is 0 Å². The van der Waals surface area contributed by atoms with E-state index in [1.54, 1.807) is 11.8 Å². The predicted molar refractivity (Wildman–Crippen MR) is 87.3 cm³/mol. The Morgan fingerprint density at radius 2 is 1.76 bits per heavy atom. The zero-order valence-corrected chi connectivity index (χ0v) is 15.0. The number of hydroxylamine groups is 1. The van der Waals surface area contributed by atoms with Crippen LogP contribution in [-0.4, -0.2) is 46.4 Å². The predicted octanol–water partition coefficient (Wildman–Crippen LogP) is 2.52. The highest BCUT2D eigenvalue weighted by Crippen LogP contribution is 2.14. The van der Waals surface area contributed by atoms with Gasteiger partial charge < -0.3 is 9.84 Å². The number of nitrogens with one attached hydrogen (secondary N) is 1. The molecule has 0 aliphatic carbocycles. The molecule has 21 heavy (non-hydrogen) atoms. The zero-order chi connectivity index (χ0) is 16.5. The molecule has 0 fully saturated rings. The van der Waals surface area contributed by atoms with Gasteiger partial charge in [0, 0.05) is 6.61 Å². The highest BCUT2D eigenvalue weighted by molar-refractivity contribution is 7.99. The van der Waals surface area contributed by atoms with Crippen LogP contribution in [0.25, 0.3) is 0 Å². The van der Waals surface area contributed by atoms with Crippen molar-refractivity contribution >= 4 is 17.7 Å². The summed E-state index contributed by atoms with van der Waals surface area (Å²) in [4.78, 5) is 17.7. The van der Waals surface area contributed by atoms with Crippen molar-refractivity contribution in [3.05, 3.63) is 0 Å². The quantitative estimate of drug-likeness (QED) is 0.386. The van der Waals surface area contributed by atoms with Crippen LogP contribution in [0.4, 0.5) is 0 Å². The molecule has 6 heteroatoms. The SMILES string of the molecule is CC(C)(C)ONC(CCSCCCO)C(=O)OC(C)(C)C. The molecule has 0 aromatic rings. The van der Waals surface area contributed by atoms with Crippen LogP contribution in [0.15, 0.2) is 0 Å². The van der Waals surface area contributed by atoms with Gasteiger partial charge in [-0.15, -0.1) is 0 Å². The Kier molecular flexibility index (Phi) is 9.53. The van der Waals surface area contributed by atoms with E-state index >= 15 is 0 Å². The summed E-state index contributed by atoms with van der Waals surface area (Å²) in [6.45, 7) is 11.5. The summed E-state index contributed by atoms with van der Waals surface area (Å²) in [6, 6.07) is -0.481. The van der Waals surface area contributed by atoms with E-state index in [-0.39, 0.29) is 18.2 Å². The summed E-state index contributed by atoms with van der Waals surface area (Å²) < 4.78 is 5.41. The molecule has 1 atom stereocenters. The molecule has 0 aromatic heterocycles. The Bertz CT molecular complexity index is 297. The van der Waals surface area contributed by atoms with E-state index in [2.05, 4.69) is 5.48 Å². The standard InChI is InChI=1S/C15H31NO4S/c1-14(2,3)19-13(18)12(16-20-15(4,5)6)8-11-21-10-7-9-17/h12,16-17H,7-11H2,1-6H3. The van der Waals surface area contributed by atoms with Crippen LogP contribution in [0.3, 0.4) is 0 Å². The lowest BCUT2D eigenvalue weighted by Crippen LogP contribution is -2.44. The number of aliphatic hydroxyl groups is 1. The Hall–Kier alpha value is -0.300. The molecule has 0 amide bonds. The first-order valence-electron chi connectivity index (χ1n) is 7.40. The lowest BCUT2D eigenvalue weighted by atomic mass is 10.1. The maximum absolute atomic E-state index is 12.2. The number of esters is 1. The third-order valence-corrected chi connectivity index (χ3v) is 3.30. The molecule has 0 spiro atoms. The minimum atomic E-state index is -0.511. The van der Waals surface area contributed by atoms with Crippen LogP contribution in [0, 0.1) is 0 Å². The van der Waals surface area contributed by atoms with E-state index in [9.17, 15) is 4.79 Å². The Balaban J connectivity index is 4.36. The third-order valence-electron chi connectivity index (χ3n) is 2.20. The molecule has 0 radical (unpaired) electrons. The average Bonchev–Trinajstić information content (AvgIpc) is 2.29. The molecule has 0 bridgehead atoms. The molecule has 0 rings (SSSR count). The van der Waals surface area contributed by atoms with Gasteiger partial charge >= 0.3 is 5.97 Å². The van der Waals surface area contributed by atoms with Gasteiger partial charge in [0.25, 0.3) is 0 Å². The summed E-state index contributed by atoms with van der Waals surface area (Å²) in [5.41, 5.74) is 1.95. The van der Waals surface area contributed by atoms with Crippen molar-refractivity contribution in [1.82, 2.24) is 5.48 Å². The normalized spacial score (nSPS) is 14.0. The third kappa shape index (κ3) is 13.1. The highest BCUT2D eigenvalue weighted by atomic mass is 32.2. The Morgan fingerprint density at radius 1 is 1.14 bits per heavy atom. The second-order valence-electron chi connectivity index (χ2n) is 6.90. The number of hydrogen-bond donors (Lipinski definition) is 2. The zero-order valence-electron chi connectivity index (χ0n) is 14.2. The van der Waals surface area contributed by atoms with Crippen LogP contribution in [0.5, 0.6) is 0 Å². The van der Waals surface area contributed by atoms with E-state index in [1.807, 2.05) is 41.5 Å². The molecular formula is C15H31NO4S. The van der Waals surface area contributed by atoms with E-state index in [1.165, 1.54) is 0 Å². The van der Waals surface area contributed by atoms with Crippen LogP contribution >= 0.6 is 11.8 Å². The van der Waals surface area contributed by atoms with E-state index in [0.29, 0.717) is 6.42 Å². The lowest BCUT2D eigenvalue weighted by molar-refractivity contribution is -0.167. The molecule has 0 aliphatic rings. The second kappa shape index (κ2) is 9.66. The molecule has 0 aliphatic heterocycles. The van der Waals surface area contributed by atoms with Crippen LogP contribution < -0.4 is 5.48 Å². The summed E-state index contributed by atoms with van der Waals surface area (Å²) in [6.07, 6.45) is 1.40. The maximum Gasteiger partial charge on any atom is 0.326 e. The fourth-order valence-electron chi connectivity index (χ4n) is 1.32. The monoisotopic (exact) mass is 321 g/mol. The summed E-state index contributed by atoms with van der Waals surface area (Å²) in [5.74, 6) is 1.40. The van der Waals surface area contributed by atoms with Crippen molar-refractivity contribution in [2.75, 3.05) is 18.1 Å². The van der Waals surface area contributed by atoms with Crippen LogP contribution in [0.2, 0.25) is 0 Å². The van der Waals surface area contributed by atoms with Crippen LogP contribution in [-0.2, 0) is 14.4 Å². The first-order valence-corrected chi connectivity index (χ1v) is 8.55. The van der Waals surface area contributed by atoms with E-state index in [0.717, 1.165) is 17.9 Å². The Morgan fingerprint density at radius 3 is 2.24 bits per heavy atom. The van der Waals surface area contributed by atoms with Crippen molar-refractivity contribution in [1.29, 1.82) is 0 Å². The minimum Gasteiger partial charge on any atom is -0.459 e. The number of carbonyl (C=O) groups excluding carboxylic acids is 1. The molecule has 2 N–H and O–H groups in total. The smallest absolute Gasteiger partial charge is 0.326 e. The summed E-state index contributed by atoms with van der Waals surface area (Å²) in [5, 5.41) is 8.74.